The number of hydrogen-bond acceptors (Lipinski definition) is 5. The van der Waals surface area contributed by atoms with Crippen molar-refractivity contribution in [3.05, 3.63) is 71.3 Å². The predicted octanol–water partition coefficient (Wildman–Crippen LogP) is 3.78. The van der Waals surface area contributed by atoms with Crippen molar-refractivity contribution in [2.75, 3.05) is 45.9 Å². The molecule has 0 aliphatic carbocycles. The zero-order valence-electron chi connectivity index (χ0n) is 22.1. The minimum atomic E-state index is -0.685. The molecule has 1 atom stereocenters. The summed E-state index contributed by atoms with van der Waals surface area (Å²) in [5, 5.41) is 8.75. The molecule has 2 aliphatic heterocycles. The first-order valence-corrected chi connectivity index (χ1v) is 12.9. The van der Waals surface area contributed by atoms with Crippen LogP contribution in [0.25, 0.3) is 0 Å². The molecule has 204 valence electrons. The van der Waals surface area contributed by atoms with Crippen LogP contribution >= 0.6 is 0 Å². The minimum absolute atomic E-state index is 0.225. The van der Waals surface area contributed by atoms with Gasteiger partial charge in [-0.15, -0.1) is 0 Å². The van der Waals surface area contributed by atoms with Crippen molar-refractivity contribution in [3.63, 3.8) is 0 Å². The summed E-state index contributed by atoms with van der Waals surface area (Å²) in [6, 6.07) is 11.1. The van der Waals surface area contributed by atoms with E-state index in [1.54, 1.807) is 30.3 Å². The summed E-state index contributed by atoms with van der Waals surface area (Å²) >= 11 is 0. The second kappa shape index (κ2) is 12.0. The molecule has 38 heavy (non-hydrogen) atoms. The first-order valence-electron chi connectivity index (χ1n) is 12.9. The molecular formula is C28H35F2N5O3. The Morgan fingerprint density at radius 2 is 1.76 bits per heavy atom. The zero-order valence-corrected chi connectivity index (χ0v) is 22.1. The number of nitrogens with one attached hydrogen (secondary N) is 1. The quantitative estimate of drug-likeness (QED) is 0.595. The fourth-order valence-corrected chi connectivity index (χ4v) is 4.52. The topological polar surface area (TPSA) is 77.5 Å². The van der Waals surface area contributed by atoms with Gasteiger partial charge in [-0.25, -0.2) is 18.6 Å². The maximum absolute atomic E-state index is 14.8. The van der Waals surface area contributed by atoms with Gasteiger partial charge < -0.3 is 15.0 Å². The molecule has 0 spiro atoms. The number of halogens is 2. The summed E-state index contributed by atoms with van der Waals surface area (Å²) < 4.78 is 33.8. The van der Waals surface area contributed by atoms with E-state index < -0.39 is 23.3 Å². The molecule has 1 N–H and O–H groups in total. The summed E-state index contributed by atoms with van der Waals surface area (Å²) in [6.07, 6.45) is 0.264. The lowest BCUT2D eigenvalue weighted by molar-refractivity contribution is -0.133. The van der Waals surface area contributed by atoms with E-state index >= 15 is 0 Å². The number of carbonyl (C=O) groups is 2. The van der Waals surface area contributed by atoms with E-state index in [9.17, 15) is 18.4 Å². The standard InChI is InChI=1S/C28H35F2N5O3/c1-28(2,3)31-27(37)34(13-12-33-14-16-38-17-15-33)19-26(36)35-25(22-6-4-5-7-23(22)30)18-24(32-35)20-8-10-21(29)11-9-20/h4-11,25H,12-19H2,1-3H3,(H,31,37)/t25-/m0/s1. The molecule has 0 radical (unpaired) electrons. The number of urea groups is 1. The average molecular weight is 528 g/mol. The van der Waals surface area contributed by atoms with Crippen LogP contribution in [0.2, 0.25) is 0 Å². The molecule has 2 aromatic carbocycles. The van der Waals surface area contributed by atoms with Crippen LogP contribution in [0.5, 0.6) is 0 Å². The van der Waals surface area contributed by atoms with Crippen molar-refractivity contribution in [2.45, 2.75) is 38.8 Å². The Bertz CT molecular complexity index is 1160. The number of nitrogens with zero attached hydrogens (tertiary/aromatic N) is 4. The maximum Gasteiger partial charge on any atom is 0.318 e. The normalized spacial score (nSPS) is 18.3. The molecule has 4 rings (SSSR count). The average Bonchev–Trinajstić information content (AvgIpc) is 3.32. The number of rotatable bonds is 7. The van der Waals surface area contributed by atoms with Gasteiger partial charge in [0.1, 0.15) is 18.2 Å². The first kappa shape index (κ1) is 27.7. The van der Waals surface area contributed by atoms with Crippen LogP contribution in [-0.2, 0) is 9.53 Å². The Kier molecular flexibility index (Phi) is 8.73. The molecule has 8 nitrogen and oxygen atoms in total. The van der Waals surface area contributed by atoms with Crippen LogP contribution < -0.4 is 5.32 Å². The van der Waals surface area contributed by atoms with E-state index in [1.165, 1.54) is 28.1 Å². The molecule has 1 saturated heterocycles. The number of carbonyl (C=O) groups excluding carboxylic acids is 2. The molecule has 0 unspecified atom stereocenters. The third kappa shape index (κ3) is 7.14. The van der Waals surface area contributed by atoms with Gasteiger partial charge in [0.2, 0.25) is 0 Å². The van der Waals surface area contributed by atoms with Crippen LogP contribution in [0.1, 0.15) is 44.4 Å². The van der Waals surface area contributed by atoms with Crippen molar-refractivity contribution in [1.82, 2.24) is 20.1 Å². The molecule has 0 aromatic heterocycles. The van der Waals surface area contributed by atoms with Gasteiger partial charge in [0, 0.05) is 43.7 Å². The van der Waals surface area contributed by atoms with Gasteiger partial charge in [-0.2, -0.15) is 5.10 Å². The molecule has 1 fully saturated rings. The SMILES string of the molecule is CC(C)(C)NC(=O)N(CCN1CCOCC1)CC(=O)N1N=C(c2ccc(F)cc2)C[C@H]1c1ccccc1F. The Labute approximate surface area is 222 Å². The Morgan fingerprint density at radius 3 is 2.42 bits per heavy atom. The lowest BCUT2D eigenvalue weighted by Gasteiger charge is -2.32. The van der Waals surface area contributed by atoms with Gasteiger partial charge in [-0.3, -0.25) is 9.69 Å². The van der Waals surface area contributed by atoms with Crippen molar-refractivity contribution in [2.24, 2.45) is 5.10 Å². The lowest BCUT2D eigenvalue weighted by Crippen LogP contribution is -2.53. The third-order valence-electron chi connectivity index (χ3n) is 6.49. The molecule has 2 aromatic rings. The summed E-state index contributed by atoms with van der Waals surface area (Å²) in [5.41, 5.74) is 1.04. The number of ether oxygens (including phenoxy) is 1. The van der Waals surface area contributed by atoms with Crippen LogP contribution in [0.4, 0.5) is 13.6 Å². The number of morpholine rings is 1. The highest BCUT2D eigenvalue weighted by atomic mass is 19.1. The van der Waals surface area contributed by atoms with Crippen LogP contribution in [0, 0.1) is 11.6 Å². The zero-order chi connectivity index (χ0) is 27.3. The first-order chi connectivity index (χ1) is 18.1. The number of hydrogen-bond donors (Lipinski definition) is 1. The van der Waals surface area contributed by atoms with Crippen LogP contribution in [0.3, 0.4) is 0 Å². The van der Waals surface area contributed by atoms with E-state index in [0.717, 1.165) is 13.1 Å². The smallest absolute Gasteiger partial charge is 0.318 e. The van der Waals surface area contributed by atoms with E-state index in [4.69, 9.17) is 4.74 Å². The highest BCUT2D eigenvalue weighted by Gasteiger charge is 2.36. The molecule has 10 heteroatoms. The third-order valence-corrected chi connectivity index (χ3v) is 6.49. The summed E-state index contributed by atoms with van der Waals surface area (Å²) in [6.45, 7) is 9.11. The van der Waals surface area contributed by atoms with Gasteiger partial charge in [-0.1, -0.05) is 30.3 Å². The molecule has 0 saturated carbocycles. The fraction of sp³-hybridized carbons (Fsp3) is 0.464. The maximum atomic E-state index is 14.8. The van der Waals surface area contributed by atoms with Crippen molar-refractivity contribution >= 4 is 17.6 Å². The summed E-state index contributed by atoms with van der Waals surface area (Å²) in [5.74, 6) is -1.26. The minimum Gasteiger partial charge on any atom is -0.379 e. The number of hydrazone groups is 1. The van der Waals surface area contributed by atoms with E-state index in [-0.39, 0.29) is 24.8 Å². The Balaban J connectivity index is 1.58. The van der Waals surface area contributed by atoms with Gasteiger partial charge in [-0.05, 0) is 44.5 Å². The van der Waals surface area contributed by atoms with Gasteiger partial charge in [0.25, 0.3) is 5.91 Å². The van der Waals surface area contributed by atoms with Crippen LogP contribution in [-0.4, -0.2) is 83.9 Å². The van der Waals surface area contributed by atoms with Crippen LogP contribution in [0.15, 0.2) is 53.6 Å². The molecule has 2 heterocycles. The van der Waals surface area contributed by atoms with E-state index in [0.29, 0.717) is 43.1 Å². The number of benzene rings is 2. The van der Waals surface area contributed by atoms with Gasteiger partial charge in [0.15, 0.2) is 0 Å². The second-order valence-electron chi connectivity index (χ2n) is 10.6. The monoisotopic (exact) mass is 527 g/mol. The molecule has 0 bridgehead atoms. The lowest BCUT2D eigenvalue weighted by atomic mass is 9.98. The molecular weight excluding hydrogens is 492 g/mol. The van der Waals surface area contributed by atoms with E-state index in [2.05, 4.69) is 15.3 Å². The van der Waals surface area contributed by atoms with Crippen molar-refractivity contribution in [3.8, 4) is 0 Å². The largest absolute Gasteiger partial charge is 0.379 e. The van der Waals surface area contributed by atoms with E-state index in [1.807, 2.05) is 20.8 Å². The molecule has 3 amide bonds. The van der Waals surface area contributed by atoms with Crippen molar-refractivity contribution in [1.29, 1.82) is 0 Å². The summed E-state index contributed by atoms with van der Waals surface area (Å²) in [7, 11) is 0. The molecule has 2 aliphatic rings. The van der Waals surface area contributed by atoms with Gasteiger partial charge in [0.05, 0.1) is 25.0 Å². The number of amides is 3. The Hall–Kier alpha value is -3.37. The highest BCUT2D eigenvalue weighted by molar-refractivity contribution is 6.03. The second-order valence-corrected chi connectivity index (χ2v) is 10.6. The highest BCUT2D eigenvalue weighted by Crippen LogP contribution is 2.34. The van der Waals surface area contributed by atoms with Crippen molar-refractivity contribution < 1.29 is 23.1 Å². The van der Waals surface area contributed by atoms with Gasteiger partial charge >= 0.3 is 6.03 Å². The predicted molar refractivity (Wildman–Crippen MR) is 141 cm³/mol. The summed E-state index contributed by atoms with van der Waals surface area (Å²) in [4.78, 5) is 30.5. The Morgan fingerprint density at radius 1 is 1.08 bits per heavy atom. The fourth-order valence-electron chi connectivity index (χ4n) is 4.52.